The third-order valence-corrected chi connectivity index (χ3v) is 5.93. The highest BCUT2D eigenvalue weighted by Gasteiger charge is 2.38. The van der Waals surface area contributed by atoms with Crippen molar-refractivity contribution in [3.63, 3.8) is 0 Å². The fourth-order valence-corrected chi connectivity index (χ4v) is 4.61. The van der Waals surface area contributed by atoms with Gasteiger partial charge < -0.3 is 9.26 Å². The zero-order valence-electron chi connectivity index (χ0n) is 14.1. The lowest BCUT2D eigenvalue weighted by Gasteiger charge is -2.40. The molecule has 0 N–H and O–H groups in total. The van der Waals surface area contributed by atoms with Gasteiger partial charge in [-0.2, -0.15) is 4.98 Å². The number of nitrogens with zero attached hydrogens (tertiary/aromatic N) is 4. The maximum atomic E-state index is 6.18. The summed E-state index contributed by atoms with van der Waals surface area (Å²) in [6.45, 7) is 5.93. The molecule has 130 valence electrons. The van der Waals surface area contributed by atoms with E-state index in [-0.39, 0.29) is 12.0 Å². The van der Waals surface area contributed by atoms with E-state index in [1.165, 1.54) is 17.8 Å². The lowest BCUT2D eigenvalue weighted by Crippen LogP contribution is -2.42. The highest BCUT2D eigenvalue weighted by molar-refractivity contribution is 7.09. The van der Waals surface area contributed by atoms with Crippen molar-refractivity contribution in [1.29, 1.82) is 0 Å². The third-order valence-electron chi connectivity index (χ3n) is 5.17. The lowest BCUT2D eigenvalue weighted by molar-refractivity contribution is -0.0584. The van der Waals surface area contributed by atoms with Gasteiger partial charge in [0, 0.05) is 18.2 Å². The van der Waals surface area contributed by atoms with Crippen molar-refractivity contribution in [3.8, 4) is 0 Å². The first-order valence-corrected chi connectivity index (χ1v) is 9.70. The van der Waals surface area contributed by atoms with Gasteiger partial charge in [-0.25, -0.2) is 4.98 Å². The second-order valence-electron chi connectivity index (χ2n) is 6.80. The molecule has 2 aliphatic heterocycles. The van der Waals surface area contributed by atoms with E-state index in [1.807, 2.05) is 13.1 Å². The van der Waals surface area contributed by atoms with E-state index in [2.05, 4.69) is 25.4 Å². The van der Waals surface area contributed by atoms with Crippen molar-refractivity contribution in [2.75, 3.05) is 19.7 Å². The highest BCUT2D eigenvalue weighted by Crippen LogP contribution is 2.38. The molecule has 4 heterocycles. The molecule has 24 heavy (non-hydrogen) atoms. The number of ether oxygens (including phenoxy) is 1. The molecule has 2 aromatic heterocycles. The largest absolute Gasteiger partial charge is 0.377 e. The Hall–Kier alpha value is -1.31. The van der Waals surface area contributed by atoms with Crippen molar-refractivity contribution in [2.24, 2.45) is 5.92 Å². The minimum atomic E-state index is 0.223. The monoisotopic (exact) mass is 348 g/mol. The third kappa shape index (κ3) is 3.53. The average Bonchev–Trinajstić information content (AvgIpc) is 3.27. The van der Waals surface area contributed by atoms with Gasteiger partial charge in [0.05, 0.1) is 18.6 Å². The Morgan fingerprint density at radius 1 is 1.29 bits per heavy atom. The van der Waals surface area contributed by atoms with E-state index in [1.54, 1.807) is 11.3 Å². The van der Waals surface area contributed by atoms with E-state index in [9.17, 15) is 0 Å². The summed E-state index contributed by atoms with van der Waals surface area (Å²) in [4.78, 5) is 11.4. The van der Waals surface area contributed by atoms with E-state index < -0.39 is 0 Å². The molecule has 2 aromatic rings. The summed E-state index contributed by atoms with van der Waals surface area (Å²) in [6.07, 6.45) is 6.61. The molecule has 0 aliphatic carbocycles. The molecule has 4 rings (SSSR count). The molecule has 2 atom stereocenters. The minimum absolute atomic E-state index is 0.223. The molecular formula is C17H24N4O2S. The number of likely N-dealkylation sites (tertiary alicyclic amines) is 1. The smallest absolute Gasteiger partial charge is 0.232 e. The highest BCUT2D eigenvalue weighted by atomic mass is 32.1. The molecule has 2 saturated heterocycles. The van der Waals surface area contributed by atoms with Crippen LogP contribution in [-0.4, -0.2) is 45.8 Å². The topological polar surface area (TPSA) is 64.3 Å². The van der Waals surface area contributed by atoms with E-state index in [4.69, 9.17) is 9.26 Å². The van der Waals surface area contributed by atoms with Gasteiger partial charge in [-0.15, -0.1) is 11.3 Å². The zero-order valence-corrected chi connectivity index (χ0v) is 14.9. The molecule has 7 heteroatoms. The number of hydrogen-bond donors (Lipinski definition) is 0. The van der Waals surface area contributed by atoms with Crippen LogP contribution in [0.1, 0.15) is 48.3 Å². The lowest BCUT2D eigenvalue weighted by atomic mass is 9.81. The summed E-state index contributed by atoms with van der Waals surface area (Å²) < 4.78 is 11.6. The number of rotatable bonds is 4. The number of aryl methyl sites for hydroxylation is 1. The van der Waals surface area contributed by atoms with Crippen LogP contribution in [0.4, 0.5) is 0 Å². The van der Waals surface area contributed by atoms with Gasteiger partial charge in [0.2, 0.25) is 5.89 Å². The molecule has 0 bridgehead atoms. The summed E-state index contributed by atoms with van der Waals surface area (Å²) in [6, 6.07) is 0. The summed E-state index contributed by atoms with van der Waals surface area (Å²) in [7, 11) is 0. The Bertz CT molecular complexity index is 637. The van der Waals surface area contributed by atoms with Crippen LogP contribution in [0.25, 0.3) is 0 Å². The van der Waals surface area contributed by atoms with Crippen LogP contribution in [-0.2, 0) is 11.3 Å². The predicted molar refractivity (Wildman–Crippen MR) is 90.9 cm³/mol. The number of thiazole rings is 1. The fourth-order valence-electron chi connectivity index (χ4n) is 3.96. The summed E-state index contributed by atoms with van der Waals surface area (Å²) >= 11 is 1.74. The van der Waals surface area contributed by atoms with Gasteiger partial charge in [0.25, 0.3) is 0 Å². The maximum absolute atomic E-state index is 6.18. The Morgan fingerprint density at radius 2 is 2.17 bits per heavy atom. The normalized spacial score (nSPS) is 26.7. The van der Waals surface area contributed by atoms with Gasteiger partial charge in [0.15, 0.2) is 5.82 Å². The minimum Gasteiger partial charge on any atom is -0.377 e. The Kier molecular flexibility index (Phi) is 4.91. The average molecular weight is 348 g/mol. The molecule has 2 aliphatic rings. The molecule has 0 spiro atoms. The molecule has 0 radical (unpaired) electrons. The number of aromatic nitrogens is 3. The number of hydrogen-bond acceptors (Lipinski definition) is 7. The zero-order chi connectivity index (χ0) is 16.4. The van der Waals surface area contributed by atoms with E-state index in [0.29, 0.717) is 11.7 Å². The molecular weight excluding hydrogens is 324 g/mol. The molecule has 0 aromatic carbocycles. The first kappa shape index (κ1) is 16.2. The van der Waals surface area contributed by atoms with Gasteiger partial charge in [0.1, 0.15) is 5.01 Å². The van der Waals surface area contributed by atoms with Gasteiger partial charge in [-0.05, 0) is 51.6 Å². The molecule has 0 saturated carbocycles. The first-order chi connectivity index (χ1) is 11.8. The van der Waals surface area contributed by atoms with Crippen molar-refractivity contribution in [2.45, 2.75) is 51.2 Å². The maximum Gasteiger partial charge on any atom is 0.232 e. The summed E-state index contributed by atoms with van der Waals surface area (Å²) in [5, 5.41) is 7.23. The molecule has 0 amide bonds. The Balaban J connectivity index is 1.38. The van der Waals surface area contributed by atoms with Crippen LogP contribution in [0, 0.1) is 12.8 Å². The molecule has 0 unspecified atom stereocenters. The van der Waals surface area contributed by atoms with Gasteiger partial charge >= 0.3 is 0 Å². The van der Waals surface area contributed by atoms with Crippen LogP contribution in [0.2, 0.25) is 0 Å². The van der Waals surface area contributed by atoms with E-state index in [0.717, 1.165) is 45.0 Å². The second kappa shape index (κ2) is 7.29. The van der Waals surface area contributed by atoms with Crippen LogP contribution in [0.15, 0.2) is 16.1 Å². The Labute approximate surface area is 146 Å². The quantitative estimate of drug-likeness (QED) is 0.846. The summed E-state index contributed by atoms with van der Waals surface area (Å²) in [5.74, 6) is 2.32. The van der Waals surface area contributed by atoms with Gasteiger partial charge in [-0.1, -0.05) is 5.16 Å². The second-order valence-corrected chi connectivity index (χ2v) is 7.78. The van der Waals surface area contributed by atoms with Crippen molar-refractivity contribution < 1.29 is 9.26 Å². The first-order valence-electron chi connectivity index (χ1n) is 8.82. The van der Waals surface area contributed by atoms with Gasteiger partial charge in [-0.3, -0.25) is 4.90 Å². The van der Waals surface area contributed by atoms with E-state index >= 15 is 0 Å². The SMILES string of the molecule is Cc1noc([C@@H]2CCCO[C@H]2C2CCN(Cc3nccs3)CC2)n1. The van der Waals surface area contributed by atoms with Crippen LogP contribution >= 0.6 is 11.3 Å². The van der Waals surface area contributed by atoms with Crippen LogP contribution in [0.3, 0.4) is 0 Å². The fraction of sp³-hybridized carbons (Fsp3) is 0.706. The molecule has 6 nitrogen and oxygen atoms in total. The molecule has 2 fully saturated rings. The van der Waals surface area contributed by atoms with Crippen LogP contribution < -0.4 is 0 Å². The standard InChI is InChI=1S/C17H24N4O2S/c1-12-19-17(23-20-12)14-3-2-9-22-16(14)13-4-7-21(8-5-13)11-15-18-6-10-24-15/h6,10,13-14,16H,2-5,7-9,11H2,1H3/t14-,16+/m1/s1. The van der Waals surface area contributed by atoms with Crippen molar-refractivity contribution >= 4 is 11.3 Å². The predicted octanol–water partition coefficient (Wildman–Crippen LogP) is 3.01. The number of piperidine rings is 1. The van der Waals surface area contributed by atoms with Crippen LogP contribution in [0.5, 0.6) is 0 Å². The Morgan fingerprint density at radius 3 is 2.88 bits per heavy atom. The van der Waals surface area contributed by atoms with Crippen molar-refractivity contribution in [3.05, 3.63) is 28.3 Å². The summed E-state index contributed by atoms with van der Waals surface area (Å²) in [5.41, 5.74) is 0. The van der Waals surface area contributed by atoms with Crippen molar-refractivity contribution in [1.82, 2.24) is 20.0 Å².